The standard InChI is InChI=1S/C14H16F3NOS/c15-14(16,17)10-18(12-4-5-12)9-13-11(6-8-20-13)3-1-2-7-19/h6,8,12,19H,2,4-5,7,9-10H2. The minimum absolute atomic E-state index is 0.00522. The topological polar surface area (TPSA) is 23.5 Å². The van der Waals surface area contributed by atoms with Gasteiger partial charge in [0.25, 0.3) is 0 Å². The lowest BCUT2D eigenvalue weighted by Gasteiger charge is -2.22. The number of alkyl halides is 3. The average molecular weight is 303 g/mol. The van der Waals surface area contributed by atoms with Crippen LogP contribution in [0, 0.1) is 11.8 Å². The Labute approximate surface area is 120 Å². The van der Waals surface area contributed by atoms with Crippen LogP contribution in [0.5, 0.6) is 0 Å². The monoisotopic (exact) mass is 303 g/mol. The zero-order valence-electron chi connectivity index (χ0n) is 10.9. The minimum Gasteiger partial charge on any atom is -0.395 e. The van der Waals surface area contributed by atoms with Crippen molar-refractivity contribution in [2.75, 3.05) is 13.2 Å². The van der Waals surface area contributed by atoms with Gasteiger partial charge in [-0.25, -0.2) is 0 Å². The first kappa shape index (κ1) is 15.4. The second kappa shape index (κ2) is 6.61. The molecule has 1 N–H and O–H groups in total. The molecule has 1 heterocycles. The summed E-state index contributed by atoms with van der Waals surface area (Å²) in [6.45, 7) is -0.571. The second-order valence-corrected chi connectivity index (χ2v) is 5.78. The molecule has 2 rings (SSSR count). The Morgan fingerprint density at radius 3 is 2.75 bits per heavy atom. The van der Waals surface area contributed by atoms with E-state index >= 15 is 0 Å². The first-order valence-electron chi connectivity index (χ1n) is 6.46. The Hall–Kier alpha value is -1.03. The van der Waals surface area contributed by atoms with Gasteiger partial charge in [0.05, 0.1) is 13.2 Å². The lowest BCUT2D eigenvalue weighted by molar-refractivity contribution is -0.148. The van der Waals surface area contributed by atoms with Crippen LogP contribution in [0.3, 0.4) is 0 Å². The summed E-state index contributed by atoms with van der Waals surface area (Å²) in [6.07, 6.45) is -2.10. The summed E-state index contributed by atoms with van der Waals surface area (Å²) in [4.78, 5) is 2.36. The van der Waals surface area contributed by atoms with E-state index in [9.17, 15) is 13.2 Å². The third-order valence-electron chi connectivity index (χ3n) is 3.00. The largest absolute Gasteiger partial charge is 0.401 e. The molecule has 0 radical (unpaired) electrons. The predicted molar refractivity (Wildman–Crippen MR) is 72.4 cm³/mol. The molecule has 6 heteroatoms. The molecular weight excluding hydrogens is 287 g/mol. The Bertz CT molecular complexity index is 496. The maximum Gasteiger partial charge on any atom is 0.401 e. The molecule has 0 saturated heterocycles. The molecule has 2 nitrogen and oxygen atoms in total. The van der Waals surface area contributed by atoms with Crippen LogP contribution in [0.1, 0.15) is 29.7 Å². The third kappa shape index (κ3) is 4.82. The van der Waals surface area contributed by atoms with E-state index in [1.165, 1.54) is 16.2 Å². The normalized spacial score (nSPS) is 15.2. The van der Waals surface area contributed by atoms with Gasteiger partial charge in [-0.2, -0.15) is 13.2 Å². The van der Waals surface area contributed by atoms with Crippen molar-refractivity contribution in [1.82, 2.24) is 4.90 Å². The molecule has 20 heavy (non-hydrogen) atoms. The van der Waals surface area contributed by atoms with E-state index in [0.29, 0.717) is 13.0 Å². The van der Waals surface area contributed by atoms with Crippen molar-refractivity contribution in [3.8, 4) is 11.8 Å². The van der Waals surface area contributed by atoms with Crippen molar-refractivity contribution in [3.05, 3.63) is 21.9 Å². The van der Waals surface area contributed by atoms with Crippen LogP contribution in [-0.2, 0) is 6.54 Å². The van der Waals surface area contributed by atoms with Crippen molar-refractivity contribution < 1.29 is 18.3 Å². The van der Waals surface area contributed by atoms with Crippen molar-refractivity contribution >= 4 is 11.3 Å². The van der Waals surface area contributed by atoms with Gasteiger partial charge in [-0.1, -0.05) is 11.8 Å². The molecular formula is C14H16F3NOS. The van der Waals surface area contributed by atoms with Gasteiger partial charge in [-0.15, -0.1) is 11.3 Å². The Kier molecular flexibility index (Phi) is 5.08. The van der Waals surface area contributed by atoms with Crippen LogP contribution in [0.2, 0.25) is 0 Å². The van der Waals surface area contributed by atoms with Crippen LogP contribution in [-0.4, -0.2) is 35.4 Å². The summed E-state index contributed by atoms with van der Waals surface area (Å²) >= 11 is 1.43. The molecule has 0 atom stereocenters. The van der Waals surface area contributed by atoms with Gasteiger partial charge in [0, 0.05) is 29.4 Å². The van der Waals surface area contributed by atoms with Gasteiger partial charge in [0.1, 0.15) is 0 Å². The van der Waals surface area contributed by atoms with E-state index in [-0.39, 0.29) is 12.6 Å². The highest BCUT2D eigenvalue weighted by molar-refractivity contribution is 7.10. The smallest absolute Gasteiger partial charge is 0.395 e. The zero-order valence-corrected chi connectivity index (χ0v) is 11.7. The second-order valence-electron chi connectivity index (χ2n) is 4.78. The lowest BCUT2D eigenvalue weighted by Crippen LogP contribution is -2.35. The maximum atomic E-state index is 12.6. The highest BCUT2D eigenvalue weighted by Gasteiger charge is 2.38. The Morgan fingerprint density at radius 2 is 2.15 bits per heavy atom. The fraction of sp³-hybridized carbons (Fsp3) is 0.571. The van der Waals surface area contributed by atoms with Crippen molar-refractivity contribution in [3.63, 3.8) is 0 Å². The molecule has 0 unspecified atom stereocenters. The van der Waals surface area contributed by atoms with Gasteiger partial charge in [0.15, 0.2) is 0 Å². The summed E-state index contributed by atoms with van der Waals surface area (Å²) in [7, 11) is 0. The highest BCUT2D eigenvalue weighted by Crippen LogP contribution is 2.32. The number of thiophene rings is 1. The van der Waals surface area contributed by atoms with E-state index < -0.39 is 12.7 Å². The molecule has 1 aromatic rings. The van der Waals surface area contributed by atoms with Gasteiger partial charge in [0.2, 0.25) is 0 Å². The van der Waals surface area contributed by atoms with Crippen LogP contribution in [0.25, 0.3) is 0 Å². The number of halogens is 3. The highest BCUT2D eigenvalue weighted by atomic mass is 32.1. The predicted octanol–water partition coefficient (Wildman–Crippen LogP) is 3.01. The fourth-order valence-corrected chi connectivity index (χ4v) is 2.81. The molecule has 0 spiro atoms. The molecule has 1 fully saturated rings. The summed E-state index contributed by atoms with van der Waals surface area (Å²) in [5.41, 5.74) is 0.774. The van der Waals surface area contributed by atoms with Gasteiger partial charge in [-0.05, 0) is 24.3 Å². The van der Waals surface area contributed by atoms with Gasteiger partial charge in [-0.3, -0.25) is 4.90 Å². The van der Waals surface area contributed by atoms with Gasteiger partial charge < -0.3 is 5.11 Å². The van der Waals surface area contributed by atoms with E-state index in [2.05, 4.69) is 11.8 Å². The number of nitrogens with zero attached hydrogens (tertiary/aromatic N) is 1. The first-order valence-corrected chi connectivity index (χ1v) is 7.34. The molecule has 1 aliphatic carbocycles. The van der Waals surface area contributed by atoms with E-state index in [4.69, 9.17) is 5.11 Å². The molecule has 1 aromatic heterocycles. The Morgan fingerprint density at radius 1 is 1.40 bits per heavy atom. The molecule has 110 valence electrons. The number of hydrogen-bond donors (Lipinski definition) is 1. The van der Waals surface area contributed by atoms with E-state index in [1.54, 1.807) is 0 Å². The Balaban J connectivity index is 2.04. The zero-order chi connectivity index (χ0) is 14.6. The fourth-order valence-electron chi connectivity index (χ4n) is 1.96. The van der Waals surface area contributed by atoms with Crippen LogP contribution in [0.15, 0.2) is 11.4 Å². The average Bonchev–Trinajstić information content (AvgIpc) is 3.11. The quantitative estimate of drug-likeness (QED) is 0.845. The third-order valence-corrected chi connectivity index (χ3v) is 3.90. The number of rotatable bonds is 5. The number of hydrogen-bond acceptors (Lipinski definition) is 3. The number of aliphatic hydroxyl groups excluding tert-OH is 1. The summed E-state index contributed by atoms with van der Waals surface area (Å²) < 4.78 is 37.7. The molecule has 1 saturated carbocycles. The molecule has 0 amide bonds. The molecule has 0 bridgehead atoms. The lowest BCUT2D eigenvalue weighted by atomic mass is 10.2. The van der Waals surface area contributed by atoms with Gasteiger partial charge >= 0.3 is 6.18 Å². The van der Waals surface area contributed by atoms with Crippen molar-refractivity contribution in [1.29, 1.82) is 0 Å². The molecule has 0 aliphatic heterocycles. The van der Waals surface area contributed by atoms with Crippen LogP contribution in [0.4, 0.5) is 13.2 Å². The van der Waals surface area contributed by atoms with E-state index in [0.717, 1.165) is 23.3 Å². The first-order chi connectivity index (χ1) is 9.49. The number of aliphatic hydroxyl groups is 1. The molecule has 1 aliphatic rings. The summed E-state index contributed by atoms with van der Waals surface area (Å²) in [5.74, 6) is 5.72. The maximum absolute atomic E-state index is 12.6. The van der Waals surface area contributed by atoms with Crippen LogP contribution < -0.4 is 0 Å². The van der Waals surface area contributed by atoms with Crippen molar-refractivity contribution in [2.24, 2.45) is 0 Å². The SMILES string of the molecule is OCCC#Cc1ccsc1CN(CC(F)(F)F)C1CC1. The van der Waals surface area contributed by atoms with Crippen LogP contribution >= 0.6 is 11.3 Å². The molecule has 0 aromatic carbocycles. The summed E-state index contributed by atoms with van der Waals surface area (Å²) in [5, 5.41) is 10.5. The van der Waals surface area contributed by atoms with Crippen molar-refractivity contribution in [2.45, 2.75) is 38.0 Å². The minimum atomic E-state index is -4.16. The summed E-state index contributed by atoms with van der Waals surface area (Å²) in [6, 6.07) is 1.88. The van der Waals surface area contributed by atoms with E-state index in [1.807, 2.05) is 11.4 Å².